The SMILES string of the molecule is O=C(CCc1csc(-c2ccccn2)n1)N1CCOC(c2ccccc2)C1. The Kier molecular flexibility index (Phi) is 5.55. The van der Waals surface area contributed by atoms with E-state index in [1.165, 1.54) is 0 Å². The van der Waals surface area contributed by atoms with Gasteiger partial charge in [-0.05, 0) is 24.1 Å². The van der Waals surface area contributed by atoms with Gasteiger partial charge in [0.2, 0.25) is 5.91 Å². The van der Waals surface area contributed by atoms with Crippen LogP contribution in [0.4, 0.5) is 0 Å². The van der Waals surface area contributed by atoms with Crippen LogP contribution < -0.4 is 0 Å². The number of hydrogen-bond donors (Lipinski definition) is 0. The van der Waals surface area contributed by atoms with Crippen LogP contribution in [0.15, 0.2) is 60.1 Å². The summed E-state index contributed by atoms with van der Waals surface area (Å²) >= 11 is 1.57. The lowest BCUT2D eigenvalue weighted by Gasteiger charge is -2.33. The van der Waals surface area contributed by atoms with Crippen molar-refractivity contribution in [2.75, 3.05) is 19.7 Å². The smallest absolute Gasteiger partial charge is 0.223 e. The molecule has 5 nitrogen and oxygen atoms in total. The Balaban J connectivity index is 1.33. The van der Waals surface area contributed by atoms with Gasteiger partial charge < -0.3 is 9.64 Å². The number of pyridine rings is 1. The van der Waals surface area contributed by atoms with Crippen molar-refractivity contribution in [3.63, 3.8) is 0 Å². The van der Waals surface area contributed by atoms with Crippen LogP contribution in [0, 0.1) is 0 Å². The number of aryl methyl sites for hydroxylation is 1. The molecule has 3 heterocycles. The predicted octanol–water partition coefficient (Wildman–Crippen LogP) is 3.74. The molecule has 27 heavy (non-hydrogen) atoms. The first-order chi connectivity index (χ1) is 13.3. The normalized spacial score (nSPS) is 17.0. The third-order valence-electron chi connectivity index (χ3n) is 4.62. The summed E-state index contributed by atoms with van der Waals surface area (Å²) in [6, 6.07) is 15.9. The first-order valence-corrected chi connectivity index (χ1v) is 9.98. The molecule has 6 heteroatoms. The average molecular weight is 379 g/mol. The molecule has 4 rings (SSSR count). The lowest BCUT2D eigenvalue weighted by molar-refractivity contribution is -0.139. The molecule has 0 radical (unpaired) electrons. The molecule has 1 aromatic carbocycles. The summed E-state index contributed by atoms with van der Waals surface area (Å²) in [6.45, 7) is 1.84. The first-order valence-electron chi connectivity index (χ1n) is 9.10. The van der Waals surface area contributed by atoms with Gasteiger partial charge in [0.15, 0.2) is 0 Å². The topological polar surface area (TPSA) is 55.3 Å². The largest absolute Gasteiger partial charge is 0.370 e. The zero-order chi connectivity index (χ0) is 18.5. The van der Waals surface area contributed by atoms with Crippen LogP contribution in [0.2, 0.25) is 0 Å². The van der Waals surface area contributed by atoms with Crippen molar-refractivity contribution in [2.45, 2.75) is 18.9 Å². The second kappa shape index (κ2) is 8.41. The van der Waals surface area contributed by atoms with E-state index in [4.69, 9.17) is 4.74 Å². The quantitative estimate of drug-likeness (QED) is 0.678. The van der Waals surface area contributed by atoms with Crippen molar-refractivity contribution in [1.29, 1.82) is 0 Å². The zero-order valence-electron chi connectivity index (χ0n) is 15.0. The number of rotatable bonds is 5. The Morgan fingerprint density at radius 1 is 1.19 bits per heavy atom. The number of morpholine rings is 1. The highest BCUT2D eigenvalue weighted by Gasteiger charge is 2.25. The van der Waals surface area contributed by atoms with E-state index in [2.05, 4.69) is 9.97 Å². The summed E-state index contributed by atoms with van der Waals surface area (Å²) in [7, 11) is 0. The Bertz CT molecular complexity index is 883. The molecule has 0 saturated carbocycles. The molecular weight excluding hydrogens is 358 g/mol. The molecule has 0 bridgehead atoms. The number of carbonyl (C=O) groups excluding carboxylic acids is 1. The summed E-state index contributed by atoms with van der Waals surface area (Å²) in [5.41, 5.74) is 2.94. The fourth-order valence-corrected chi connectivity index (χ4v) is 4.00. The summed E-state index contributed by atoms with van der Waals surface area (Å²) in [6.07, 6.45) is 2.84. The van der Waals surface area contributed by atoms with Crippen molar-refractivity contribution in [3.8, 4) is 10.7 Å². The monoisotopic (exact) mass is 379 g/mol. The molecule has 1 amide bonds. The van der Waals surface area contributed by atoms with E-state index in [1.54, 1.807) is 17.5 Å². The number of thiazole rings is 1. The van der Waals surface area contributed by atoms with Gasteiger partial charge in [0.1, 0.15) is 11.1 Å². The number of nitrogens with zero attached hydrogens (tertiary/aromatic N) is 3. The minimum absolute atomic E-state index is 0.0427. The van der Waals surface area contributed by atoms with Gasteiger partial charge in [0.05, 0.1) is 24.5 Å². The molecule has 1 fully saturated rings. The van der Waals surface area contributed by atoms with Gasteiger partial charge in [-0.25, -0.2) is 4.98 Å². The van der Waals surface area contributed by atoms with E-state index in [0.29, 0.717) is 32.5 Å². The zero-order valence-corrected chi connectivity index (χ0v) is 15.8. The van der Waals surface area contributed by atoms with Gasteiger partial charge in [-0.1, -0.05) is 36.4 Å². The highest BCUT2D eigenvalue weighted by molar-refractivity contribution is 7.13. The number of ether oxygens (including phenoxy) is 1. The highest BCUT2D eigenvalue weighted by atomic mass is 32.1. The van der Waals surface area contributed by atoms with Gasteiger partial charge in [0, 0.05) is 24.5 Å². The summed E-state index contributed by atoms with van der Waals surface area (Å²) < 4.78 is 5.85. The van der Waals surface area contributed by atoms with Crippen molar-refractivity contribution in [1.82, 2.24) is 14.9 Å². The number of benzene rings is 1. The number of carbonyl (C=O) groups is 1. The molecule has 1 unspecified atom stereocenters. The van der Waals surface area contributed by atoms with E-state index < -0.39 is 0 Å². The van der Waals surface area contributed by atoms with Crippen molar-refractivity contribution < 1.29 is 9.53 Å². The molecule has 1 saturated heterocycles. The minimum Gasteiger partial charge on any atom is -0.370 e. The van der Waals surface area contributed by atoms with Crippen molar-refractivity contribution >= 4 is 17.2 Å². The number of amides is 1. The Labute approximate surface area is 162 Å². The number of hydrogen-bond acceptors (Lipinski definition) is 5. The third kappa shape index (κ3) is 4.40. The van der Waals surface area contributed by atoms with Crippen LogP contribution in [-0.4, -0.2) is 40.5 Å². The van der Waals surface area contributed by atoms with Crippen molar-refractivity contribution in [3.05, 3.63) is 71.4 Å². The predicted molar refractivity (Wildman–Crippen MR) is 105 cm³/mol. The molecule has 3 aromatic rings. The summed E-state index contributed by atoms with van der Waals surface area (Å²) in [5, 5.41) is 2.91. The van der Waals surface area contributed by atoms with Crippen LogP contribution >= 0.6 is 11.3 Å². The molecule has 1 aliphatic heterocycles. The lowest BCUT2D eigenvalue weighted by atomic mass is 10.1. The third-order valence-corrected chi connectivity index (χ3v) is 5.53. The van der Waals surface area contributed by atoms with E-state index in [1.807, 2.05) is 58.8 Å². The standard InChI is InChI=1S/C21H21N3O2S/c25-20(24-12-13-26-19(14-24)16-6-2-1-3-7-16)10-9-17-15-27-21(23-17)18-8-4-5-11-22-18/h1-8,11,15,19H,9-10,12-14H2. The fraction of sp³-hybridized carbons (Fsp3) is 0.286. The first kappa shape index (κ1) is 17.8. The van der Waals surface area contributed by atoms with E-state index >= 15 is 0 Å². The maximum Gasteiger partial charge on any atom is 0.223 e. The molecule has 2 aromatic heterocycles. The van der Waals surface area contributed by atoms with Crippen LogP contribution in [0.1, 0.15) is 23.8 Å². The molecule has 1 atom stereocenters. The number of aromatic nitrogens is 2. The lowest BCUT2D eigenvalue weighted by Crippen LogP contribution is -2.42. The maximum absolute atomic E-state index is 12.7. The molecule has 0 spiro atoms. The highest BCUT2D eigenvalue weighted by Crippen LogP contribution is 2.24. The van der Waals surface area contributed by atoms with Crippen molar-refractivity contribution in [2.24, 2.45) is 0 Å². The summed E-state index contributed by atoms with van der Waals surface area (Å²) in [4.78, 5) is 23.5. The van der Waals surface area contributed by atoms with Crippen LogP contribution in [0.5, 0.6) is 0 Å². The fourth-order valence-electron chi connectivity index (χ4n) is 3.17. The summed E-state index contributed by atoms with van der Waals surface area (Å²) in [5.74, 6) is 0.159. The Morgan fingerprint density at radius 2 is 2.04 bits per heavy atom. The van der Waals surface area contributed by atoms with E-state index in [-0.39, 0.29) is 12.0 Å². The average Bonchev–Trinajstić information content (AvgIpc) is 3.22. The minimum atomic E-state index is -0.0427. The molecular formula is C21H21N3O2S. The second-order valence-corrected chi connectivity index (χ2v) is 7.33. The molecule has 0 N–H and O–H groups in total. The van der Waals surface area contributed by atoms with Crippen LogP contribution in [0.3, 0.4) is 0 Å². The van der Waals surface area contributed by atoms with Gasteiger partial charge in [-0.3, -0.25) is 9.78 Å². The second-order valence-electron chi connectivity index (χ2n) is 6.47. The van der Waals surface area contributed by atoms with Gasteiger partial charge in [-0.15, -0.1) is 11.3 Å². The molecule has 1 aliphatic rings. The van der Waals surface area contributed by atoms with Gasteiger partial charge >= 0.3 is 0 Å². The van der Waals surface area contributed by atoms with Gasteiger partial charge in [-0.2, -0.15) is 0 Å². The van der Waals surface area contributed by atoms with Crippen LogP contribution in [0.25, 0.3) is 10.7 Å². The van der Waals surface area contributed by atoms with Crippen LogP contribution in [-0.2, 0) is 16.0 Å². The molecule has 138 valence electrons. The van der Waals surface area contributed by atoms with E-state index in [0.717, 1.165) is 22.0 Å². The maximum atomic E-state index is 12.7. The van der Waals surface area contributed by atoms with Gasteiger partial charge in [0.25, 0.3) is 0 Å². The van der Waals surface area contributed by atoms with E-state index in [9.17, 15) is 4.79 Å². The Morgan fingerprint density at radius 3 is 2.85 bits per heavy atom. The Hall–Kier alpha value is -2.57. The molecule has 0 aliphatic carbocycles.